The molecule has 0 saturated heterocycles. The number of ketones is 1. The van der Waals surface area contributed by atoms with Crippen molar-refractivity contribution < 1.29 is 4.79 Å². The second kappa shape index (κ2) is 5.11. The molecule has 0 unspecified atom stereocenters. The first-order chi connectivity index (χ1) is 8.22. The van der Waals surface area contributed by atoms with Crippen LogP contribution in [0.3, 0.4) is 0 Å². The zero-order valence-electron chi connectivity index (χ0n) is 9.33. The van der Waals surface area contributed by atoms with E-state index in [4.69, 9.17) is 0 Å². The first-order valence-electron chi connectivity index (χ1n) is 5.20. The fourth-order valence-corrected chi connectivity index (χ4v) is 2.09. The average Bonchev–Trinajstić information content (AvgIpc) is 2.35. The van der Waals surface area contributed by atoms with Crippen LogP contribution in [-0.2, 0) is 0 Å². The third-order valence-corrected chi connectivity index (χ3v) is 2.97. The molecule has 84 valence electrons. The maximum atomic E-state index is 11.9. The monoisotopic (exact) mass is 287 g/mol. The van der Waals surface area contributed by atoms with E-state index in [9.17, 15) is 4.79 Å². The van der Waals surface area contributed by atoms with E-state index in [-0.39, 0.29) is 12.2 Å². The van der Waals surface area contributed by atoms with Crippen LogP contribution >= 0.6 is 15.9 Å². The van der Waals surface area contributed by atoms with Crippen molar-refractivity contribution in [3.8, 4) is 11.8 Å². The summed E-state index contributed by atoms with van der Waals surface area (Å²) in [6, 6.07) is 9.62. The number of fused-ring (bicyclic) bond motifs is 1. The molecule has 0 radical (unpaired) electrons. The number of aromatic nitrogens is 1. The quantitative estimate of drug-likeness (QED) is 0.624. The molecule has 2 aromatic rings. The molecule has 1 heterocycles. The Morgan fingerprint density at radius 2 is 2.18 bits per heavy atom. The highest BCUT2D eigenvalue weighted by atomic mass is 79.9. The fraction of sp³-hybridized carbons (Fsp3) is 0.143. The van der Waals surface area contributed by atoms with Crippen LogP contribution in [0.5, 0.6) is 0 Å². The van der Waals surface area contributed by atoms with Gasteiger partial charge in [-0.15, -0.1) is 5.92 Å². The molecule has 1 aromatic heterocycles. The summed E-state index contributed by atoms with van der Waals surface area (Å²) in [6.07, 6.45) is 0.209. The van der Waals surface area contributed by atoms with Crippen LogP contribution < -0.4 is 0 Å². The number of benzene rings is 1. The van der Waals surface area contributed by atoms with E-state index in [1.807, 2.05) is 30.3 Å². The maximum Gasteiger partial charge on any atom is 0.194 e. The molecule has 0 amide bonds. The summed E-state index contributed by atoms with van der Waals surface area (Å²) in [6.45, 7) is 1.72. The molecule has 0 saturated carbocycles. The van der Waals surface area contributed by atoms with E-state index in [1.165, 1.54) is 0 Å². The van der Waals surface area contributed by atoms with Crippen LogP contribution in [0, 0.1) is 11.8 Å². The summed E-state index contributed by atoms with van der Waals surface area (Å²) in [7, 11) is 0. The second-order valence-corrected chi connectivity index (χ2v) is 4.39. The zero-order chi connectivity index (χ0) is 12.3. The van der Waals surface area contributed by atoms with Crippen molar-refractivity contribution in [2.24, 2.45) is 0 Å². The van der Waals surface area contributed by atoms with Crippen molar-refractivity contribution in [1.82, 2.24) is 4.98 Å². The predicted octanol–water partition coefficient (Wildman–Crippen LogP) is 3.59. The van der Waals surface area contributed by atoms with Crippen LogP contribution in [0.4, 0.5) is 0 Å². The third-order valence-electron chi connectivity index (χ3n) is 2.37. The van der Waals surface area contributed by atoms with Crippen molar-refractivity contribution in [2.45, 2.75) is 13.3 Å². The Morgan fingerprint density at radius 1 is 1.41 bits per heavy atom. The van der Waals surface area contributed by atoms with Gasteiger partial charge in [0, 0.05) is 9.86 Å². The van der Waals surface area contributed by atoms with Gasteiger partial charge in [-0.2, -0.15) is 0 Å². The summed E-state index contributed by atoms with van der Waals surface area (Å²) < 4.78 is 0.721. The minimum absolute atomic E-state index is 0.0584. The molecule has 1 aromatic carbocycles. The van der Waals surface area contributed by atoms with Crippen molar-refractivity contribution in [3.63, 3.8) is 0 Å². The van der Waals surface area contributed by atoms with E-state index in [2.05, 4.69) is 32.8 Å². The molecular formula is C14H10BrNO. The van der Waals surface area contributed by atoms with Gasteiger partial charge in [0.15, 0.2) is 5.78 Å². The molecule has 2 nitrogen and oxygen atoms in total. The Bertz CT molecular complexity index is 637. The SMILES string of the molecule is CC#CCC(=O)c1nc2ccccc2cc1Br. The number of Topliss-reactive ketones (excluding diaryl/α,β-unsaturated/α-hetero) is 1. The molecule has 0 atom stereocenters. The fourth-order valence-electron chi connectivity index (χ4n) is 1.54. The summed E-state index contributed by atoms with van der Waals surface area (Å²) in [5, 5.41) is 1.01. The molecule has 0 bridgehead atoms. The van der Waals surface area contributed by atoms with Crippen molar-refractivity contribution >= 4 is 32.6 Å². The summed E-state index contributed by atoms with van der Waals surface area (Å²) in [4.78, 5) is 16.2. The molecule has 2 rings (SSSR count). The van der Waals surface area contributed by atoms with E-state index in [0.29, 0.717) is 5.69 Å². The lowest BCUT2D eigenvalue weighted by Gasteiger charge is -2.03. The lowest BCUT2D eigenvalue weighted by atomic mass is 10.1. The Labute approximate surface area is 108 Å². The summed E-state index contributed by atoms with van der Waals surface area (Å²) in [5.41, 5.74) is 1.27. The molecule has 0 N–H and O–H groups in total. The number of hydrogen-bond donors (Lipinski definition) is 0. The van der Waals surface area contributed by atoms with E-state index < -0.39 is 0 Å². The molecule has 0 fully saturated rings. The van der Waals surface area contributed by atoms with Gasteiger partial charge in [-0.05, 0) is 35.0 Å². The highest BCUT2D eigenvalue weighted by molar-refractivity contribution is 9.10. The van der Waals surface area contributed by atoms with Gasteiger partial charge in [-0.3, -0.25) is 4.79 Å². The van der Waals surface area contributed by atoms with Gasteiger partial charge in [0.05, 0.1) is 11.9 Å². The number of carbonyl (C=O) groups excluding carboxylic acids is 1. The Kier molecular flexibility index (Phi) is 3.55. The summed E-state index contributed by atoms with van der Waals surface area (Å²) >= 11 is 3.38. The number of para-hydroxylation sites is 1. The van der Waals surface area contributed by atoms with Crippen LogP contribution in [-0.4, -0.2) is 10.8 Å². The van der Waals surface area contributed by atoms with Crippen molar-refractivity contribution in [2.75, 3.05) is 0 Å². The molecule has 0 aliphatic rings. The summed E-state index contributed by atoms with van der Waals surface area (Å²) in [5.74, 6) is 5.41. The number of halogens is 1. The Hall–Kier alpha value is -1.66. The van der Waals surface area contributed by atoms with E-state index in [0.717, 1.165) is 15.4 Å². The standard InChI is InChI=1S/C14H10BrNO/c1-2-3-8-13(17)14-11(15)9-10-6-4-5-7-12(10)16-14/h4-7,9H,8H2,1H3. The van der Waals surface area contributed by atoms with Gasteiger partial charge in [-0.25, -0.2) is 4.98 Å². The number of rotatable bonds is 2. The van der Waals surface area contributed by atoms with Crippen LogP contribution in [0.1, 0.15) is 23.8 Å². The van der Waals surface area contributed by atoms with E-state index in [1.54, 1.807) is 6.92 Å². The molecule has 3 heteroatoms. The van der Waals surface area contributed by atoms with Crippen LogP contribution in [0.25, 0.3) is 10.9 Å². The Morgan fingerprint density at radius 3 is 2.94 bits per heavy atom. The number of carbonyl (C=O) groups is 1. The maximum absolute atomic E-state index is 11.9. The first-order valence-corrected chi connectivity index (χ1v) is 6.00. The predicted molar refractivity (Wildman–Crippen MR) is 71.8 cm³/mol. The van der Waals surface area contributed by atoms with Crippen molar-refractivity contribution in [1.29, 1.82) is 0 Å². The highest BCUT2D eigenvalue weighted by Gasteiger charge is 2.11. The van der Waals surface area contributed by atoms with E-state index >= 15 is 0 Å². The number of nitrogens with zero attached hydrogens (tertiary/aromatic N) is 1. The van der Waals surface area contributed by atoms with Crippen molar-refractivity contribution in [3.05, 3.63) is 40.5 Å². The molecular weight excluding hydrogens is 278 g/mol. The minimum atomic E-state index is -0.0584. The largest absolute Gasteiger partial charge is 0.291 e. The van der Waals surface area contributed by atoms with Gasteiger partial charge in [-0.1, -0.05) is 24.1 Å². The lowest BCUT2D eigenvalue weighted by molar-refractivity contribution is 0.0993. The van der Waals surface area contributed by atoms with Gasteiger partial charge in [0.2, 0.25) is 0 Å². The number of pyridine rings is 1. The van der Waals surface area contributed by atoms with Gasteiger partial charge in [0.25, 0.3) is 0 Å². The van der Waals surface area contributed by atoms with Crippen LogP contribution in [0.15, 0.2) is 34.8 Å². The number of hydrogen-bond acceptors (Lipinski definition) is 2. The second-order valence-electron chi connectivity index (χ2n) is 3.54. The molecule has 0 spiro atoms. The van der Waals surface area contributed by atoms with Gasteiger partial charge < -0.3 is 0 Å². The lowest BCUT2D eigenvalue weighted by Crippen LogP contribution is -2.02. The molecule has 17 heavy (non-hydrogen) atoms. The third kappa shape index (κ3) is 2.54. The molecule has 0 aliphatic heterocycles. The zero-order valence-corrected chi connectivity index (χ0v) is 10.9. The van der Waals surface area contributed by atoms with Gasteiger partial charge in [0.1, 0.15) is 5.69 Å². The normalized spacial score (nSPS) is 9.76. The Balaban J connectivity index is 2.49. The first kappa shape index (κ1) is 11.8. The minimum Gasteiger partial charge on any atom is -0.291 e. The highest BCUT2D eigenvalue weighted by Crippen LogP contribution is 2.22. The topological polar surface area (TPSA) is 30.0 Å². The average molecular weight is 288 g/mol. The molecule has 0 aliphatic carbocycles. The van der Waals surface area contributed by atoms with Gasteiger partial charge >= 0.3 is 0 Å². The van der Waals surface area contributed by atoms with Crippen LogP contribution in [0.2, 0.25) is 0 Å². The smallest absolute Gasteiger partial charge is 0.194 e.